The zero-order valence-corrected chi connectivity index (χ0v) is 20.4. The van der Waals surface area contributed by atoms with Gasteiger partial charge < -0.3 is 9.47 Å². The molecule has 0 bridgehead atoms. The lowest BCUT2D eigenvalue weighted by molar-refractivity contribution is -0.384. The van der Waals surface area contributed by atoms with Gasteiger partial charge in [-0.1, -0.05) is 29.8 Å². The van der Waals surface area contributed by atoms with Crippen molar-refractivity contribution in [1.82, 2.24) is 9.66 Å². The molecule has 0 aliphatic carbocycles. The molecule has 0 spiro atoms. The van der Waals surface area contributed by atoms with Gasteiger partial charge in [-0.05, 0) is 37.6 Å². The van der Waals surface area contributed by atoms with Gasteiger partial charge in [0.25, 0.3) is 11.2 Å². The van der Waals surface area contributed by atoms with Crippen LogP contribution in [0.1, 0.15) is 44.5 Å². The van der Waals surface area contributed by atoms with Gasteiger partial charge in [0.1, 0.15) is 11.6 Å². The Morgan fingerprint density at radius 3 is 2.74 bits per heavy atom. The predicted octanol–water partition coefficient (Wildman–Crippen LogP) is 4.40. The molecule has 0 saturated carbocycles. The van der Waals surface area contributed by atoms with Crippen molar-refractivity contribution in [3.8, 4) is 5.75 Å². The number of benzene rings is 2. The van der Waals surface area contributed by atoms with Crippen LogP contribution in [0, 0.1) is 10.1 Å². The minimum atomic E-state index is -0.580. The number of nitrogens with zero attached hydrogens (tertiary/aromatic N) is 4. The second-order valence-corrected chi connectivity index (χ2v) is 8.29. The van der Waals surface area contributed by atoms with E-state index in [1.165, 1.54) is 29.1 Å². The Hall–Kier alpha value is -3.60. The van der Waals surface area contributed by atoms with Gasteiger partial charge in [0, 0.05) is 28.1 Å². The normalized spacial score (nSPS) is 12.1. The van der Waals surface area contributed by atoms with Gasteiger partial charge in [-0.15, -0.1) is 0 Å². The summed E-state index contributed by atoms with van der Waals surface area (Å²) in [5.41, 5.74) is 0.191. The summed E-state index contributed by atoms with van der Waals surface area (Å²) in [5, 5.41) is 16.0. The minimum Gasteiger partial charge on any atom is -0.481 e. The summed E-state index contributed by atoms with van der Waals surface area (Å²) < 4.78 is 12.3. The molecule has 0 unspecified atom stereocenters. The molecular weight excluding hydrogens is 508 g/mol. The second kappa shape index (κ2) is 11.0. The number of fused-ring (bicyclic) bond motifs is 1. The summed E-state index contributed by atoms with van der Waals surface area (Å²) >= 11 is 3.37. The number of nitro benzene ring substituents is 1. The number of nitro groups is 1. The Morgan fingerprint density at radius 2 is 2.06 bits per heavy atom. The lowest BCUT2D eigenvalue weighted by atomic mass is 10.1. The molecule has 0 fully saturated rings. The molecular formula is C23H23BrN4O6. The van der Waals surface area contributed by atoms with Crippen LogP contribution < -0.4 is 10.3 Å². The Kier molecular flexibility index (Phi) is 8.11. The van der Waals surface area contributed by atoms with Crippen molar-refractivity contribution in [1.29, 1.82) is 0 Å². The molecule has 178 valence electrons. The van der Waals surface area contributed by atoms with Crippen molar-refractivity contribution >= 4 is 44.7 Å². The highest BCUT2D eigenvalue weighted by Crippen LogP contribution is 2.24. The second-order valence-electron chi connectivity index (χ2n) is 7.38. The maximum absolute atomic E-state index is 13.3. The average Bonchev–Trinajstić information content (AvgIpc) is 2.82. The number of non-ortho nitro benzene ring substituents is 1. The van der Waals surface area contributed by atoms with Crippen LogP contribution in [0.25, 0.3) is 10.9 Å². The van der Waals surface area contributed by atoms with Crippen molar-refractivity contribution in [3.63, 3.8) is 0 Å². The Labute approximate surface area is 203 Å². The summed E-state index contributed by atoms with van der Waals surface area (Å²) in [6.07, 6.45) is 2.00. The lowest BCUT2D eigenvalue weighted by Crippen LogP contribution is -2.23. The van der Waals surface area contributed by atoms with Crippen molar-refractivity contribution in [2.45, 2.75) is 33.1 Å². The number of ether oxygens (including phenoxy) is 2. The summed E-state index contributed by atoms with van der Waals surface area (Å²) in [5.74, 6) is -0.0269. The molecule has 3 rings (SSSR count). The molecule has 2 aromatic carbocycles. The van der Waals surface area contributed by atoms with Crippen LogP contribution >= 0.6 is 15.9 Å². The molecule has 0 N–H and O–H groups in total. The molecule has 10 nitrogen and oxygen atoms in total. The monoisotopic (exact) mass is 530 g/mol. The van der Waals surface area contributed by atoms with Crippen LogP contribution in [-0.2, 0) is 9.53 Å². The number of halogens is 1. The third-order valence-corrected chi connectivity index (χ3v) is 5.55. The maximum atomic E-state index is 13.3. The smallest absolute Gasteiger partial charge is 0.344 e. The summed E-state index contributed by atoms with van der Waals surface area (Å²) in [7, 11) is 0. The van der Waals surface area contributed by atoms with E-state index in [-0.39, 0.29) is 41.7 Å². The van der Waals surface area contributed by atoms with E-state index in [4.69, 9.17) is 9.47 Å². The number of rotatable bonds is 9. The van der Waals surface area contributed by atoms with Crippen LogP contribution in [0.5, 0.6) is 5.75 Å². The van der Waals surface area contributed by atoms with E-state index in [2.05, 4.69) is 26.0 Å². The van der Waals surface area contributed by atoms with E-state index in [0.29, 0.717) is 23.1 Å². The third-order valence-electron chi connectivity index (χ3n) is 5.05. The van der Waals surface area contributed by atoms with E-state index in [1.807, 2.05) is 13.8 Å². The highest BCUT2D eigenvalue weighted by Gasteiger charge is 2.17. The Morgan fingerprint density at radius 1 is 1.29 bits per heavy atom. The first-order valence-corrected chi connectivity index (χ1v) is 11.4. The number of carbonyl (C=O) groups is 1. The van der Waals surface area contributed by atoms with E-state index in [9.17, 15) is 19.7 Å². The number of carbonyl (C=O) groups excluding carboxylic acids is 1. The van der Waals surface area contributed by atoms with E-state index in [0.717, 1.165) is 4.47 Å². The molecule has 0 aliphatic rings. The standard InChI is InChI=1S/C23H23BrN4O6/c1-4-14(3)22-26-19-8-6-16(24)11-18(19)23(30)27(22)25-12-15-10-17(28(31)32)7-9-20(15)34-13-21(29)33-5-2/h6-12,14H,4-5,13H2,1-3H3/t14-/m0/s1. The highest BCUT2D eigenvalue weighted by atomic mass is 79.9. The molecule has 0 amide bonds. The predicted molar refractivity (Wildman–Crippen MR) is 131 cm³/mol. The Balaban J connectivity index is 2.11. The van der Waals surface area contributed by atoms with Gasteiger partial charge in [0.05, 0.1) is 28.6 Å². The number of hydrogen-bond acceptors (Lipinski definition) is 8. The zero-order valence-electron chi connectivity index (χ0n) is 18.9. The molecule has 1 atom stereocenters. The fraction of sp³-hybridized carbons (Fsp3) is 0.304. The number of aromatic nitrogens is 2. The van der Waals surface area contributed by atoms with Crippen LogP contribution in [0.15, 0.2) is 50.8 Å². The quantitative estimate of drug-likeness (QED) is 0.173. The molecule has 0 aliphatic heterocycles. The highest BCUT2D eigenvalue weighted by molar-refractivity contribution is 9.10. The van der Waals surface area contributed by atoms with Gasteiger partial charge >= 0.3 is 5.97 Å². The summed E-state index contributed by atoms with van der Waals surface area (Å²) in [6.45, 7) is 5.39. The van der Waals surface area contributed by atoms with Crippen LogP contribution in [0.3, 0.4) is 0 Å². The lowest BCUT2D eigenvalue weighted by Gasteiger charge is -2.14. The topological polar surface area (TPSA) is 126 Å². The first-order chi connectivity index (χ1) is 16.2. The maximum Gasteiger partial charge on any atom is 0.344 e. The van der Waals surface area contributed by atoms with E-state index < -0.39 is 10.9 Å². The molecule has 1 aromatic heterocycles. The van der Waals surface area contributed by atoms with Gasteiger partial charge in [0.2, 0.25) is 0 Å². The molecule has 0 saturated heterocycles. The summed E-state index contributed by atoms with van der Waals surface area (Å²) in [4.78, 5) is 40.3. The number of hydrogen-bond donors (Lipinski definition) is 0. The Bertz CT molecular complexity index is 1320. The average molecular weight is 531 g/mol. The fourth-order valence-corrected chi connectivity index (χ4v) is 3.48. The summed E-state index contributed by atoms with van der Waals surface area (Å²) in [6, 6.07) is 9.10. The molecule has 3 aromatic rings. The van der Waals surface area contributed by atoms with E-state index >= 15 is 0 Å². The van der Waals surface area contributed by atoms with Gasteiger partial charge in [-0.25, -0.2) is 9.78 Å². The van der Waals surface area contributed by atoms with Crippen molar-refractivity contribution in [2.75, 3.05) is 13.2 Å². The molecule has 0 radical (unpaired) electrons. The third kappa shape index (κ3) is 5.66. The van der Waals surface area contributed by atoms with E-state index in [1.54, 1.807) is 25.1 Å². The van der Waals surface area contributed by atoms with Gasteiger partial charge in [-0.2, -0.15) is 9.78 Å². The molecule has 11 heteroatoms. The molecule has 34 heavy (non-hydrogen) atoms. The first kappa shape index (κ1) is 25.0. The minimum absolute atomic E-state index is 0.0810. The van der Waals surface area contributed by atoms with Crippen molar-refractivity contribution in [2.24, 2.45) is 5.10 Å². The van der Waals surface area contributed by atoms with Crippen molar-refractivity contribution < 1.29 is 19.2 Å². The van der Waals surface area contributed by atoms with Crippen molar-refractivity contribution in [3.05, 3.63) is 72.7 Å². The molecule has 1 heterocycles. The SMILES string of the molecule is CCOC(=O)COc1ccc([N+](=O)[O-])cc1C=Nn1c([C@@H](C)CC)nc2ccc(Br)cc2c1=O. The van der Waals surface area contributed by atoms with Crippen LogP contribution in [-0.4, -0.2) is 40.0 Å². The fourth-order valence-electron chi connectivity index (χ4n) is 3.12. The van der Waals surface area contributed by atoms with Gasteiger partial charge in [0.15, 0.2) is 6.61 Å². The van der Waals surface area contributed by atoms with Crippen LogP contribution in [0.2, 0.25) is 0 Å². The van der Waals surface area contributed by atoms with Crippen LogP contribution in [0.4, 0.5) is 5.69 Å². The zero-order chi connectivity index (χ0) is 24.8. The largest absolute Gasteiger partial charge is 0.481 e. The first-order valence-electron chi connectivity index (χ1n) is 10.6. The van der Waals surface area contributed by atoms with Gasteiger partial charge in [-0.3, -0.25) is 14.9 Å². The number of esters is 1.